The highest BCUT2D eigenvalue weighted by Gasteiger charge is 2.22. The second kappa shape index (κ2) is 7.41. The molecule has 0 fully saturated rings. The first-order valence-electron chi connectivity index (χ1n) is 8.55. The van der Waals surface area contributed by atoms with Crippen LogP contribution in [0.2, 0.25) is 5.02 Å². The molecule has 0 aliphatic carbocycles. The Labute approximate surface area is 169 Å². The predicted molar refractivity (Wildman–Crippen MR) is 109 cm³/mol. The van der Waals surface area contributed by atoms with Crippen molar-refractivity contribution in [2.45, 2.75) is 31.1 Å². The predicted octanol–water partition coefficient (Wildman–Crippen LogP) is 4.39. The molecule has 0 saturated heterocycles. The number of hydrogen-bond acceptors (Lipinski definition) is 4. The zero-order chi connectivity index (χ0) is 20.5. The van der Waals surface area contributed by atoms with Crippen molar-refractivity contribution >= 4 is 33.1 Å². The van der Waals surface area contributed by atoms with Crippen molar-refractivity contribution in [2.75, 3.05) is 4.72 Å². The van der Waals surface area contributed by atoms with Gasteiger partial charge in [-0.25, -0.2) is 8.42 Å². The van der Waals surface area contributed by atoms with Gasteiger partial charge >= 0.3 is 0 Å². The molecule has 2 N–H and O–H groups in total. The highest BCUT2D eigenvalue weighted by atomic mass is 35.5. The summed E-state index contributed by atoms with van der Waals surface area (Å²) >= 11 is 6.02. The van der Waals surface area contributed by atoms with Crippen LogP contribution in [0.1, 0.15) is 42.4 Å². The third-order valence-corrected chi connectivity index (χ3v) is 5.86. The van der Waals surface area contributed by atoms with E-state index in [1.54, 1.807) is 24.3 Å². The number of hydrogen-bond donors (Lipinski definition) is 2. The molecule has 1 aromatic heterocycles. The molecule has 28 heavy (non-hydrogen) atoms. The number of halogens is 1. The van der Waals surface area contributed by atoms with E-state index in [9.17, 15) is 13.2 Å². The van der Waals surface area contributed by atoms with Gasteiger partial charge in [0, 0.05) is 16.8 Å². The van der Waals surface area contributed by atoms with Crippen molar-refractivity contribution in [1.82, 2.24) is 10.2 Å². The molecule has 0 amide bonds. The number of rotatable bonds is 5. The van der Waals surface area contributed by atoms with Gasteiger partial charge in [0.15, 0.2) is 0 Å². The molecule has 0 aliphatic heterocycles. The van der Waals surface area contributed by atoms with E-state index in [2.05, 4.69) is 35.7 Å². The molecule has 0 spiro atoms. The molecular weight excluding hydrogens is 398 g/mol. The summed E-state index contributed by atoms with van der Waals surface area (Å²) in [6.45, 7) is 6.15. The lowest BCUT2D eigenvalue weighted by Gasteiger charge is -2.19. The number of ketones is 1. The van der Waals surface area contributed by atoms with E-state index in [4.69, 9.17) is 11.6 Å². The molecular formula is C20H20ClN3O3S. The Morgan fingerprint density at radius 1 is 1.07 bits per heavy atom. The average molecular weight is 418 g/mol. The number of aromatic amines is 1. The normalized spacial score (nSPS) is 12.0. The molecule has 0 saturated carbocycles. The molecule has 0 unspecified atom stereocenters. The minimum absolute atomic E-state index is 0.0877. The summed E-state index contributed by atoms with van der Waals surface area (Å²) in [7, 11) is -3.88. The number of nitrogens with one attached hydrogen (secondary N) is 2. The van der Waals surface area contributed by atoms with Crippen molar-refractivity contribution in [3.8, 4) is 0 Å². The number of carbonyl (C=O) groups excluding carboxylic acids is 1. The fraction of sp³-hybridized carbons (Fsp3) is 0.200. The average Bonchev–Trinajstić information content (AvgIpc) is 3.16. The Kier molecular flexibility index (Phi) is 5.32. The third-order valence-electron chi connectivity index (χ3n) is 4.25. The largest absolute Gasteiger partial charge is 0.287 e. The van der Waals surface area contributed by atoms with Gasteiger partial charge in [-0.2, -0.15) is 5.10 Å². The zero-order valence-corrected chi connectivity index (χ0v) is 17.2. The molecule has 0 aliphatic rings. The quantitative estimate of drug-likeness (QED) is 0.602. The third kappa shape index (κ3) is 4.26. The van der Waals surface area contributed by atoms with Crippen LogP contribution in [-0.2, 0) is 15.4 Å². The van der Waals surface area contributed by atoms with Crippen LogP contribution >= 0.6 is 11.6 Å². The van der Waals surface area contributed by atoms with Crippen molar-refractivity contribution in [3.63, 3.8) is 0 Å². The molecule has 6 nitrogen and oxygen atoms in total. The van der Waals surface area contributed by atoms with Crippen LogP contribution < -0.4 is 4.72 Å². The Morgan fingerprint density at radius 2 is 1.75 bits per heavy atom. The molecule has 3 aromatic rings. The fourth-order valence-corrected chi connectivity index (χ4v) is 3.91. The summed E-state index contributed by atoms with van der Waals surface area (Å²) in [5.74, 6) is -0.416. The zero-order valence-electron chi connectivity index (χ0n) is 15.7. The lowest BCUT2D eigenvalue weighted by Crippen LogP contribution is -2.17. The molecule has 1 heterocycles. The molecule has 2 aromatic carbocycles. The standard InChI is InChI=1S/C20H20ClN3O3S/c1-20(2,3)13-4-7-15(8-5-13)28(26,27)24-17-9-6-14(21)12-16(17)19(25)18-10-11-22-23-18/h4-12,24H,1-3H3,(H,22,23). The lowest BCUT2D eigenvalue weighted by molar-refractivity contribution is 0.103. The summed E-state index contributed by atoms with van der Waals surface area (Å²) in [6, 6.07) is 12.6. The van der Waals surface area contributed by atoms with Gasteiger partial charge in [-0.15, -0.1) is 0 Å². The van der Waals surface area contributed by atoms with Gasteiger partial charge in [0.05, 0.1) is 10.6 Å². The van der Waals surface area contributed by atoms with E-state index in [0.717, 1.165) is 5.56 Å². The minimum Gasteiger partial charge on any atom is -0.287 e. The van der Waals surface area contributed by atoms with E-state index >= 15 is 0 Å². The lowest BCUT2D eigenvalue weighted by atomic mass is 9.87. The van der Waals surface area contributed by atoms with Crippen LogP contribution in [0.4, 0.5) is 5.69 Å². The highest BCUT2D eigenvalue weighted by Crippen LogP contribution is 2.27. The number of H-pyrrole nitrogens is 1. The molecule has 8 heteroatoms. The first-order valence-corrected chi connectivity index (χ1v) is 10.4. The molecule has 146 valence electrons. The fourth-order valence-electron chi connectivity index (χ4n) is 2.66. The second-order valence-corrected chi connectivity index (χ2v) is 9.49. The van der Waals surface area contributed by atoms with E-state index in [1.165, 1.54) is 30.5 Å². The summed E-state index contributed by atoms with van der Waals surface area (Å²) in [4.78, 5) is 12.8. The van der Waals surface area contributed by atoms with Crippen LogP contribution in [0.15, 0.2) is 59.6 Å². The SMILES string of the molecule is CC(C)(C)c1ccc(S(=O)(=O)Nc2ccc(Cl)cc2C(=O)c2ccn[nH]2)cc1. The smallest absolute Gasteiger partial charge is 0.261 e. The number of nitrogens with zero attached hydrogens (tertiary/aromatic N) is 1. The van der Waals surface area contributed by atoms with Crippen molar-refractivity contribution in [3.05, 3.63) is 76.6 Å². The Hall–Kier alpha value is -2.64. The second-order valence-electron chi connectivity index (χ2n) is 7.37. The van der Waals surface area contributed by atoms with Gasteiger partial charge in [0.2, 0.25) is 5.78 Å². The Bertz CT molecular complexity index is 1100. The number of benzene rings is 2. The summed E-state index contributed by atoms with van der Waals surface area (Å²) in [5, 5.41) is 6.65. The maximum atomic E-state index is 12.8. The minimum atomic E-state index is -3.88. The van der Waals surface area contributed by atoms with Crippen LogP contribution in [-0.4, -0.2) is 24.4 Å². The van der Waals surface area contributed by atoms with Gasteiger partial charge in [-0.3, -0.25) is 14.6 Å². The van der Waals surface area contributed by atoms with Crippen molar-refractivity contribution in [2.24, 2.45) is 0 Å². The van der Waals surface area contributed by atoms with Gasteiger partial charge in [-0.1, -0.05) is 44.5 Å². The molecule has 3 rings (SSSR count). The van der Waals surface area contributed by atoms with Gasteiger partial charge < -0.3 is 0 Å². The molecule has 0 bridgehead atoms. The number of anilines is 1. The van der Waals surface area contributed by atoms with Crippen LogP contribution in [0.5, 0.6) is 0 Å². The topological polar surface area (TPSA) is 91.9 Å². The Morgan fingerprint density at radius 3 is 2.32 bits per heavy atom. The first kappa shape index (κ1) is 20.1. The van der Waals surface area contributed by atoms with Crippen LogP contribution in [0.3, 0.4) is 0 Å². The number of aromatic nitrogens is 2. The maximum absolute atomic E-state index is 12.8. The van der Waals surface area contributed by atoms with Crippen LogP contribution in [0, 0.1) is 0 Å². The summed E-state index contributed by atoms with van der Waals surface area (Å²) < 4.78 is 28.2. The van der Waals surface area contributed by atoms with Crippen molar-refractivity contribution < 1.29 is 13.2 Å². The summed E-state index contributed by atoms with van der Waals surface area (Å²) in [6.07, 6.45) is 1.44. The first-order chi connectivity index (χ1) is 13.1. The van der Waals surface area contributed by atoms with E-state index in [0.29, 0.717) is 5.02 Å². The monoisotopic (exact) mass is 417 g/mol. The van der Waals surface area contributed by atoms with Gasteiger partial charge in [0.25, 0.3) is 10.0 Å². The van der Waals surface area contributed by atoms with E-state index < -0.39 is 15.8 Å². The summed E-state index contributed by atoms with van der Waals surface area (Å²) in [5.41, 5.74) is 1.44. The Balaban J connectivity index is 1.96. The molecule has 0 radical (unpaired) electrons. The van der Waals surface area contributed by atoms with E-state index in [1.807, 2.05) is 0 Å². The number of sulfonamides is 1. The van der Waals surface area contributed by atoms with Crippen LogP contribution in [0.25, 0.3) is 0 Å². The van der Waals surface area contributed by atoms with Gasteiger partial charge in [-0.05, 0) is 47.4 Å². The molecule has 0 atom stereocenters. The van der Waals surface area contributed by atoms with Gasteiger partial charge in [0.1, 0.15) is 5.69 Å². The number of carbonyl (C=O) groups is 1. The van der Waals surface area contributed by atoms with E-state index in [-0.39, 0.29) is 27.3 Å². The highest BCUT2D eigenvalue weighted by molar-refractivity contribution is 7.92. The van der Waals surface area contributed by atoms with Crippen molar-refractivity contribution in [1.29, 1.82) is 0 Å². The maximum Gasteiger partial charge on any atom is 0.261 e.